The zero-order valence-corrected chi connectivity index (χ0v) is 13.1. The Hall–Kier alpha value is -1.16. The summed E-state index contributed by atoms with van der Waals surface area (Å²) in [4.78, 5) is 0. The monoisotopic (exact) mass is 293 g/mol. The summed E-state index contributed by atoms with van der Waals surface area (Å²) in [7, 11) is -2.29. The van der Waals surface area contributed by atoms with E-state index in [4.69, 9.17) is 0 Å². The third-order valence-corrected chi connectivity index (χ3v) is 5.04. The van der Waals surface area contributed by atoms with Gasteiger partial charge in [0.25, 0.3) is 0 Å². The Morgan fingerprint density at radius 2 is 2.05 bits per heavy atom. The average Bonchev–Trinajstić information content (AvgIpc) is 3.13. The molecule has 1 aliphatic rings. The summed E-state index contributed by atoms with van der Waals surface area (Å²) in [6.07, 6.45) is 5.45. The van der Waals surface area contributed by atoms with Crippen molar-refractivity contribution in [3.63, 3.8) is 0 Å². The van der Waals surface area contributed by atoms with Gasteiger partial charge < -0.3 is 0 Å². The molecule has 3 nitrogen and oxygen atoms in total. The molecule has 0 aliphatic heterocycles. The lowest BCUT2D eigenvalue weighted by atomic mass is 9.88. The molecule has 4 heteroatoms. The molecule has 2 rings (SSSR count). The first-order valence-corrected chi connectivity index (χ1v) is 8.47. The van der Waals surface area contributed by atoms with Crippen LogP contribution in [0, 0.1) is 5.92 Å². The molecule has 0 radical (unpaired) electrons. The largest absolute Gasteiger partial charge is 0.311 e. The van der Waals surface area contributed by atoms with Crippen molar-refractivity contribution in [2.75, 3.05) is 0 Å². The van der Waals surface area contributed by atoms with Gasteiger partial charge in [0.2, 0.25) is 0 Å². The third-order valence-electron chi connectivity index (χ3n) is 4.61. The highest BCUT2D eigenvalue weighted by molar-refractivity contribution is 7.61. The van der Waals surface area contributed by atoms with Crippen LogP contribution >= 0.6 is 0 Å². The molecule has 1 aromatic rings. The Labute approximate surface area is 123 Å². The molecule has 0 spiro atoms. The maximum Gasteiger partial charge on any atom is 0.311 e. The lowest BCUT2D eigenvalue weighted by molar-refractivity contribution is 0.452. The summed E-state index contributed by atoms with van der Waals surface area (Å²) < 4.78 is 25.5. The van der Waals surface area contributed by atoms with Crippen LogP contribution in [-0.4, -0.2) is 14.5 Å². The van der Waals surface area contributed by atoms with E-state index in [-0.39, 0.29) is 11.5 Å². The van der Waals surface area contributed by atoms with Gasteiger partial charge in [0.15, 0.2) is 0 Å². The fourth-order valence-corrected chi connectivity index (χ4v) is 3.48. The van der Waals surface area contributed by atoms with Crippen molar-refractivity contribution < 1.29 is 8.42 Å². The van der Waals surface area contributed by atoms with Crippen molar-refractivity contribution in [2.24, 2.45) is 10.3 Å². The van der Waals surface area contributed by atoms with Crippen molar-refractivity contribution in [1.82, 2.24) is 0 Å². The summed E-state index contributed by atoms with van der Waals surface area (Å²) in [5, 5.41) is 0. The molecule has 0 heterocycles. The molecule has 0 bridgehead atoms. The van der Waals surface area contributed by atoms with E-state index in [1.807, 2.05) is 18.2 Å². The van der Waals surface area contributed by atoms with E-state index in [0.29, 0.717) is 0 Å². The first kappa shape index (κ1) is 15.2. The van der Waals surface area contributed by atoms with E-state index in [1.54, 1.807) is 0 Å². The van der Waals surface area contributed by atoms with E-state index >= 15 is 0 Å². The number of nitrogens with zero attached hydrogens (tertiary/aromatic N) is 1. The zero-order valence-electron chi connectivity index (χ0n) is 12.2. The Morgan fingerprint density at radius 1 is 1.35 bits per heavy atom. The Bertz CT molecular complexity index is 559. The van der Waals surface area contributed by atoms with Gasteiger partial charge in [-0.05, 0) is 24.3 Å². The molecule has 1 fully saturated rings. The van der Waals surface area contributed by atoms with Crippen LogP contribution in [0.1, 0.15) is 51.5 Å². The maximum absolute atomic E-state index is 10.8. The summed E-state index contributed by atoms with van der Waals surface area (Å²) in [5.41, 5.74) is 1.21. The lowest BCUT2D eigenvalue weighted by Gasteiger charge is -2.17. The molecule has 110 valence electrons. The fourth-order valence-electron chi connectivity index (χ4n) is 2.99. The third kappa shape index (κ3) is 3.48. The minimum absolute atomic E-state index is 0.0329. The molecule has 1 saturated carbocycles. The molecule has 1 aliphatic carbocycles. The van der Waals surface area contributed by atoms with Gasteiger partial charge in [-0.2, -0.15) is 12.8 Å². The van der Waals surface area contributed by atoms with Crippen LogP contribution < -0.4 is 0 Å². The summed E-state index contributed by atoms with van der Waals surface area (Å²) in [6, 6.07) is 10.2. The maximum atomic E-state index is 10.8. The van der Waals surface area contributed by atoms with Gasteiger partial charge >= 0.3 is 10.5 Å². The summed E-state index contributed by atoms with van der Waals surface area (Å²) >= 11 is 0. The van der Waals surface area contributed by atoms with Crippen LogP contribution in [0.25, 0.3) is 0 Å². The van der Waals surface area contributed by atoms with Gasteiger partial charge in [-0.15, -0.1) is 0 Å². The van der Waals surface area contributed by atoms with Gasteiger partial charge in [-0.1, -0.05) is 63.4 Å². The highest BCUT2D eigenvalue weighted by Gasteiger charge is 2.55. The number of hydrogen-bond acceptors (Lipinski definition) is 3. The molecule has 0 aromatic heterocycles. The van der Waals surface area contributed by atoms with Gasteiger partial charge in [0.05, 0.1) is 6.04 Å². The molecule has 0 amide bonds. The summed E-state index contributed by atoms with van der Waals surface area (Å²) in [6.45, 7) is 4.49. The molecule has 3 unspecified atom stereocenters. The number of benzene rings is 1. The normalized spacial score (nSPS) is 26.0. The molecule has 1 aromatic carbocycles. The van der Waals surface area contributed by atoms with Crippen molar-refractivity contribution in [2.45, 2.75) is 57.4 Å². The first-order valence-electron chi connectivity index (χ1n) is 7.44. The Kier molecular flexibility index (Phi) is 4.97. The Morgan fingerprint density at radius 3 is 2.65 bits per heavy atom. The molecular weight excluding hydrogens is 270 g/mol. The van der Waals surface area contributed by atoms with Gasteiger partial charge in [0.1, 0.15) is 0 Å². The predicted octanol–water partition coefficient (Wildman–Crippen LogP) is 3.98. The number of rotatable bonds is 7. The molecular formula is C16H23NO2S. The van der Waals surface area contributed by atoms with Crippen LogP contribution in [0.15, 0.2) is 34.7 Å². The molecule has 0 saturated heterocycles. The van der Waals surface area contributed by atoms with E-state index in [0.717, 1.165) is 25.2 Å². The van der Waals surface area contributed by atoms with E-state index in [1.165, 1.54) is 18.4 Å². The lowest BCUT2D eigenvalue weighted by Crippen LogP contribution is -2.12. The van der Waals surface area contributed by atoms with Crippen LogP contribution in [0.4, 0.5) is 0 Å². The second-order valence-corrected chi connectivity index (χ2v) is 6.62. The predicted molar refractivity (Wildman–Crippen MR) is 81.2 cm³/mol. The van der Waals surface area contributed by atoms with E-state index < -0.39 is 10.5 Å². The second kappa shape index (κ2) is 6.53. The quantitative estimate of drug-likeness (QED) is 0.763. The van der Waals surface area contributed by atoms with E-state index in [9.17, 15) is 8.42 Å². The van der Waals surface area contributed by atoms with Crippen LogP contribution in [-0.2, 0) is 15.9 Å². The SMILES string of the molecule is CCC(C)CCCC1(c2ccccc2)CC1N=S(=O)=O. The average molecular weight is 293 g/mol. The van der Waals surface area contributed by atoms with Crippen molar-refractivity contribution in [3.8, 4) is 0 Å². The molecule has 0 N–H and O–H groups in total. The van der Waals surface area contributed by atoms with Gasteiger partial charge in [0, 0.05) is 5.41 Å². The Balaban J connectivity index is 2.10. The van der Waals surface area contributed by atoms with Crippen LogP contribution in [0.5, 0.6) is 0 Å². The second-order valence-electron chi connectivity index (χ2n) is 5.97. The highest BCUT2D eigenvalue weighted by Crippen LogP contribution is 2.54. The van der Waals surface area contributed by atoms with E-state index in [2.05, 4.69) is 30.3 Å². The van der Waals surface area contributed by atoms with Crippen molar-refractivity contribution in [1.29, 1.82) is 0 Å². The van der Waals surface area contributed by atoms with Gasteiger partial charge in [-0.25, -0.2) is 0 Å². The number of hydrogen-bond donors (Lipinski definition) is 0. The zero-order chi connectivity index (χ0) is 14.6. The molecule has 20 heavy (non-hydrogen) atoms. The highest BCUT2D eigenvalue weighted by atomic mass is 32.2. The van der Waals surface area contributed by atoms with Crippen molar-refractivity contribution in [3.05, 3.63) is 35.9 Å². The first-order chi connectivity index (χ1) is 9.58. The van der Waals surface area contributed by atoms with Crippen LogP contribution in [0.2, 0.25) is 0 Å². The minimum atomic E-state index is -2.29. The minimum Gasteiger partial charge on any atom is -0.168 e. The van der Waals surface area contributed by atoms with Crippen molar-refractivity contribution >= 4 is 10.5 Å². The summed E-state index contributed by atoms with van der Waals surface area (Å²) in [5.74, 6) is 0.741. The topological polar surface area (TPSA) is 46.5 Å². The smallest absolute Gasteiger partial charge is 0.168 e. The standard InChI is InChI=1S/C16H23NO2S/c1-3-13(2)8-7-11-16(12-15(16)17-20(18)19)14-9-5-4-6-10-14/h4-6,9-10,13,15H,3,7-8,11-12H2,1-2H3. The molecule has 3 atom stereocenters. The van der Waals surface area contributed by atoms with Crippen LogP contribution in [0.3, 0.4) is 0 Å². The fraction of sp³-hybridized carbons (Fsp3) is 0.625. The van der Waals surface area contributed by atoms with Gasteiger partial charge in [-0.3, -0.25) is 0 Å².